The van der Waals surface area contributed by atoms with E-state index in [4.69, 9.17) is 2.74 Å². The van der Waals surface area contributed by atoms with Crippen molar-refractivity contribution in [2.24, 2.45) is 0 Å². The van der Waals surface area contributed by atoms with E-state index in [2.05, 4.69) is 6.92 Å². The topological polar surface area (TPSA) is 40.1 Å². The van der Waals surface area contributed by atoms with Crippen LogP contribution in [-0.2, 0) is 4.79 Å². The van der Waals surface area contributed by atoms with Crippen molar-refractivity contribution >= 4 is 5.97 Å². The van der Waals surface area contributed by atoms with Gasteiger partial charge < -0.3 is 9.90 Å². The van der Waals surface area contributed by atoms with Crippen LogP contribution in [0.4, 0.5) is 0 Å². The van der Waals surface area contributed by atoms with Crippen LogP contribution in [0.3, 0.4) is 0 Å². The molecule has 0 aromatic carbocycles. The summed E-state index contributed by atoms with van der Waals surface area (Å²) in [6.45, 7) is 2.21. The Labute approximate surface area is 152 Å². The first-order valence-corrected chi connectivity index (χ1v) is 6.72. The number of unbranched alkanes of at least 4 members (excludes halogenated alkanes) is 9. The zero-order valence-electron chi connectivity index (χ0n) is 13.6. The van der Waals surface area contributed by atoms with Crippen molar-refractivity contribution in [3.63, 3.8) is 0 Å². The van der Waals surface area contributed by atoms with E-state index in [0.717, 1.165) is 12.8 Å². The minimum atomic E-state index is -2.15. The van der Waals surface area contributed by atoms with Gasteiger partial charge in [0.2, 0.25) is 0 Å². The number of carbonyl (C=O) groups excluding carboxylic acids is 1. The molecule has 96 valence electrons. The summed E-state index contributed by atoms with van der Waals surface area (Å²) >= 11 is 0. The molecule has 0 N–H and O–H groups in total. The molecule has 0 rings (SSSR count). The van der Waals surface area contributed by atoms with Crippen molar-refractivity contribution in [3.8, 4) is 0 Å². The number of carboxylic acids is 1. The van der Waals surface area contributed by atoms with Gasteiger partial charge in [-0.25, -0.2) is 0 Å². The number of aliphatic carboxylic acids is 1. The molecule has 3 heteroatoms. The van der Waals surface area contributed by atoms with Crippen LogP contribution in [0.2, 0.25) is 0 Å². The van der Waals surface area contributed by atoms with Gasteiger partial charge in [0.05, 0.1) is 0 Å². The van der Waals surface area contributed by atoms with Gasteiger partial charge in [-0.3, -0.25) is 0 Å². The molecule has 0 saturated heterocycles. The van der Waals surface area contributed by atoms with Crippen molar-refractivity contribution in [3.05, 3.63) is 0 Å². The summed E-state index contributed by atoms with van der Waals surface area (Å²) in [4.78, 5) is 10.4. The first-order chi connectivity index (χ1) is 8.50. The third kappa shape index (κ3) is 19.6. The van der Waals surface area contributed by atoms with Crippen LogP contribution in [0.25, 0.3) is 0 Å². The summed E-state index contributed by atoms with van der Waals surface area (Å²) in [5.74, 6) is -1.58. The molecule has 0 aliphatic rings. The second kappa shape index (κ2) is 17.1. The first-order valence-electron chi connectivity index (χ1n) is 7.72. The smallest absolute Gasteiger partial charge is 0.550 e. The average Bonchev–Trinajstić information content (AvgIpc) is 2.31. The molecule has 0 radical (unpaired) electrons. The summed E-state index contributed by atoms with van der Waals surface area (Å²) < 4.78 is 14.4. The minimum absolute atomic E-state index is 0. The Hall–Kier alpha value is 1.11. The predicted octanol–water partition coefficient (Wildman–Crippen LogP) is 0.441. The third-order valence-electron chi connectivity index (χ3n) is 2.80. The minimum Gasteiger partial charge on any atom is -0.550 e. The molecular formula is C14H27KO2. The fourth-order valence-electron chi connectivity index (χ4n) is 1.80. The molecule has 0 saturated carbocycles. The molecule has 0 heterocycles. The van der Waals surface area contributed by atoms with E-state index in [9.17, 15) is 9.90 Å². The molecule has 0 aliphatic carbocycles. The van der Waals surface area contributed by atoms with Crippen molar-refractivity contribution in [1.82, 2.24) is 0 Å². The van der Waals surface area contributed by atoms with Gasteiger partial charge in [0.1, 0.15) is 0 Å². The Morgan fingerprint density at radius 1 is 0.882 bits per heavy atom. The van der Waals surface area contributed by atoms with Crippen LogP contribution in [0.15, 0.2) is 0 Å². The van der Waals surface area contributed by atoms with Gasteiger partial charge in [-0.1, -0.05) is 71.1 Å². The van der Waals surface area contributed by atoms with Gasteiger partial charge in [0.25, 0.3) is 0 Å². The average molecular weight is 268 g/mol. The Morgan fingerprint density at radius 3 is 1.59 bits per heavy atom. The zero-order chi connectivity index (χ0) is 13.9. The van der Waals surface area contributed by atoms with Gasteiger partial charge in [-0.05, 0) is 12.8 Å². The van der Waals surface area contributed by atoms with Crippen LogP contribution in [0.1, 0.15) is 86.7 Å². The van der Waals surface area contributed by atoms with Crippen LogP contribution >= 0.6 is 0 Å². The molecule has 0 spiro atoms. The van der Waals surface area contributed by atoms with E-state index in [1.165, 1.54) is 44.9 Å². The Bertz CT molecular complexity index is 223. The summed E-state index contributed by atoms with van der Waals surface area (Å²) in [5, 5.41) is 10.4. The molecule has 0 unspecified atom stereocenters. The second-order valence-electron chi connectivity index (χ2n) is 4.40. The zero-order valence-corrected chi connectivity index (χ0v) is 14.7. The summed E-state index contributed by atoms with van der Waals surface area (Å²) in [6.07, 6.45) is 9.54. The van der Waals surface area contributed by atoms with E-state index < -0.39 is 12.3 Å². The van der Waals surface area contributed by atoms with E-state index in [0.29, 0.717) is 6.42 Å². The molecule has 2 nitrogen and oxygen atoms in total. The molecule has 0 aromatic rings. The van der Waals surface area contributed by atoms with Gasteiger partial charge in [0, 0.05) is 8.71 Å². The van der Waals surface area contributed by atoms with Crippen molar-refractivity contribution in [2.75, 3.05) is 0 Å². The van der Waals surface area contributed by atoms with Gasteiger partial charge in [0.15, 0.2) is 0 Å². The Balaban J connectivity index is 0. The third-order valence-corrected chi connectivity index (χ3v) is 2.80. The number of carbonyl (C=O) groups is 1. The standard InChI is InChI=1S/C14H28O2.K/c1-2-3-4-5-6-7-8-9-10-11-12-13-14(15)16;/h2-13H2,1H3,(H,15,16);/q;+1/p-1/i13D2;. The SMILES string of the molecule is [2H]C([2H])(CCCCCCCCCCCC)C(=O)[O-].[K+]. The maximum Gasteiger partial charge on any atom is 1.00 e. The van der Waals surface area contributed by atoms with Gasteiger partial charge in [-0.2, -0.15) is 0 Å². The van der Waals surface area contributed by atoms with E-state index in [-0.39, 0.29) is 57.8 Å². The van der Waals surface area contributed by atoms with Crippen molar-refractivity contribution < 1.29 is 64.0 Å². The predicted molar refractivity (Wildman–Crippen MR) is 66.1 cm³/mol. The van der Waals surface area contributed by atoms with E-state index in [1.807, 2.05) is 0 Å². The molecule has 0 atom stereocenters. The van der Waals surface area contributed by atoms with E-state index in [1.54, 1.807) is 0 Å². The van der Waals surface area contributed by atoms with Gasteiger partial charge in [-0.15, -0.1) is 0 Å². The quantitative estimate of drug-likeness (QED) is 0.381. The molecule has 0 fully saturated rings. The molecule has 0 aromatic heterocycles. The van der Waals surface area contributed by atoms with Crippen LogP contribution in [0, 0.1) is 0 Å². The first kappa shape index (κ1) is 16.2. The largest absolute Gasteiger partial charge is 1.00 e. The number of carboxylic acid groups (broad SMARTS) is 1. The molecule has 17 heavy (non-hydrogen) atoms. The summed E-state index contributed by atoms with van der Waals surface area (Å²) in [5.41, 5.74) is 0. The Kier molecular flexibility index (Phi) is 16.3. The van der Waals surface area contributed by atoms with E-state index >= 15 is 0 Å². The van der Waals surface area contributed by atoms with Crippen LogP contribution in [0.5, 0.6) is 0 Å². The fourth-order valence-corrected chi connectivity index (χ4v) is 1.80. The number of hydrogen-bond acceptors (Lipinski definition) is 2. The molecule has 0 bridgehead atoms. The fraction of sp³-hybridized carbons (Fsp3) is 0.929. The van der Waals surface area contributed by atoms with Gasteiger partial charge >= 0.3 is 51.4 Å². The number of rotatable bonds is 12. The summed E-state index contributed by atoms with van der Waals surface area (Å²) in [6, 6.07) is 0. The number of hydrogen-bond donors (Lipinski definition) is 0. The van der Waals surface area contributed by atoms with Crippen LogP contribution < -0.4 is 56.5 Å². The maximum atomic E-state index is 10.4. The Morgan fingerprint density at radius 2 is 1.24 bits per heavy atom. The van der Waals surface area contributed by atoms with Crippen LogP contribution in [-0.4, -0.2) is 5.97 Å². The maximum absolute atomic E-state index is 10.4. The second-order valence-corrected chi connectivity index (χ2v) is 4.40. The normalized spacial score (nSPS) is 12.5. The monoisotopic (exact) mass is 268 g/mol. The van der Waals surface area contributed by atoms with Crippen molar-refractivity contribution in [2.45, 2.75) is 83.9 Å². The molecule has 0 amide bonds. The van der Waals surface area contributed by atoms with Crippen molar-refractivity contribution in [1.29, 1.82) is 0 Å². The molecule has 0 aliphatic heterocycles. The summed E-state index contributed by atoms with van der Waals surface area (Å²) in [7, 11) is 0. The molecular weight excluding hydrogens is 239 g/mol.